The summed E-state index contributed by atoms with van der Waals surface area (Å²) < 4.78 is 1.73. The van der Waals surface area contributed by atoms with Crippen molar-refractivity contribution < 1.29 is 0 Å². The molecule has 29 heavy (non-hydrogen) atoms. The number of anilines is 2. The van der Waals surface area contributed by atoms with E-state index in [1.54, 1.807) is 4.57 Å². The summed E-state index contributed by atoms with van der Waals surface area (Å²) in [7, 11) is 1.84. The third kappa shape index (κ3) is 3.03. The van der Waals surface area contributed by atoms with E-state index in [9.17, 15) is 4.79 Å². The van der Waals surface area contributed by atoms with Gasteiger partial charge in [0.05, 0.1) is 29.2 Å². The van der Waals surface area contributed by atoms with Crippen molar-refractivity contribution >= 4 is 17.1 Å². The van der Waals surface area contributed by atoms with E-state index in [4.69, 9.17) is 5.10 Å². The Labute approximate surface area is 170 Å². The highest BCUT2D eigenvalue weighted by Gasteiger charge is 2.38. The van der Waals surface area contributed by atoms with Crippen LogP contribution < -0.4 is 15.5 Å². The van der Waals surface area contributed by atoms with Gasteiger partial charge in [-0.1, -0.05) is 48.5 Å². The second kappa shape index (κ2) is 6.92. The van der Waals surface area contributed by atoms with Gasteiger partial charge in [0, 0.05) is 31.7 Å². The highest BCUT2D eigenvalue weighted by Crippen LogP contribution is 2.35. The van der Waals surface area contributed by atoms with Crippen molar-refractivity contribution in [3.8, 4) is 0 Å². The largest absolute Gasteiger partial charge is 0.366 e. The highest BCUT2D eigenvalue weighted by molar-refractivity contribution is 6.10. The highest BCUT2D eigenvalue weighted by atomic mass is 16.1. The normalized spacial score (nSPS) is 17.7. The van der Waals surface area contributed by atoms with Gasteiger partial charge >= 0.3 is 0 Å². The van der Waals surface area contributed by atoms with Gasteiger partial charge in [0.1, 0.15) is 0 Å². The molecule has 0 amide bonds. The van der Waals surface area contributed by atoms with Crippen LogP contribution in [0.25, 0.3) is 0 Å². The second-order valence-corrected chi connectivity index (χ2v) is 7.88. The lowest BCUT2D eigenvalue weighted by atomic mass is 9.91. The molecular weight excluding hydrogens is 360 g/mol. The number of rotatable bonds is 3. The molecule has 0 spiro atoms. The van der Waals surface area contributed by atoms with Crippen molar-refractivity contribution in [2.45, 2.75) is 13.5 Å². The van der Waals surface area contributed by atoms with Crippen LogP contribution in [0.1, 0.15) is 16.8 Å². The summed E-state index contributed by atoms with van der Waals surface area (Å²) in [5.41, 5.74) is 5.99. The van der Waals surface area contributed by atoms with E-state index in [1.807, 2.05) is 43.2 Å². The number of hydrazone groups is 1. The third-order valence-corrected chi connectivity index (χ3v) is 5.97. The number of hydrogen-bond acceptors (Lipinski definition) is 4. The van der Waals surface area contributed by atoms with Crippen LogP contribution in [0.2, 0.25) is 0 Å². The molecule has 2 aliphatic heterocycles. The van der Waals surface area contributed by atoms with Gasteiger partial charge in [-0.3, -0.25) is 9.80 Å². The summed E-state index contributed by atoms with van der Waals surface area (Å²) >= 11 is 0. The molecule has 0 fully saturated rings. The predicted molar refractivity (Wildman–Crippen MR) is 118 cm³/mol. The summed E-state index contributed by atoms with van der Waals surface area (Å²) in [5, 5.41) is 6.94. The molecule has 5 nitrogen and oxygen atoms in total. The maximum Gasteiger partial charge on any atom is 0.261 e. The van der Waals surface area contributed by atoms with Crippen molar-refractivity contribution in [3.05, 3.63) is 93.9 Å². The lowest BCUT2D eigenvalue weighted by Crippen LogP contribution is -2.43. The van der Waals surface area contributed by atoms with Gasteiger partial charge in [-0.2, -0.15) is 5.10 Å². The fourth-order valence-electron chi connectivity index (χ4n) is 4.32. The first kappa shape index (κ1) is 17.7. The Balaban J connectivity index is 1.60. The molecule has 5 rings (SSSR count). The maximum atomic E-state index is 13.3. The SMILES string of the molecule is Cc1cc2c(c(=O)n1C)C1=NN(c3ccccc3)C[C@H]1CN2Cc1ccccc1. The smallest absolute Gasteiger partial charge is 0.261 e. The van der Waals surface area contributed by atoms with Crippen molar-refractivity contribution in [3.63, 3.8) is 0 Å². The fourth-order valence-corrected chi connectivity index (χ4v) is 4.32. The zero-order valence-electron chi connectivity index (χ0n) is 16.7. The molecule has 0 saturated carbocycles. The van der Waals surface area contributed by atoms with Gasteiger partial charge in [-0.25, -0.2) is 0 Å². The minimum absolute atomic E-state index is 0.0384. The molecule has 1 aromatic heterocycles. The number of pyridine rings is 1. The predicted octanol–water partition coefficient (Wildman–Crippen LogP) is 3.55. The summed E-state index contributed by atoms with van der Waals surface area (Å²) in [6.45, 7) is 4.43. The third-order valence-electron chi connectivity index (χ3n) is 5.97. The van der Waals surface area contributed by atoms with Crippen LogP contribution >= 0.6 is 0 Å². The molecule has 0 N–H and O–H groups in total. The average molecular weight is 384 g/mol. The van der Waals surface area contributed by atoms with E-state index in [0.717, 1.165) is 48.0 Å². The van der Waals surface area contributed by atoms with Crippen LogP contribution in [0.5, 0.6) is 0 Å². The Morgan fingerprint density at radius 3 is 2.41 bits per heavy atom. The Morgan fingerprint density at radius 2 is 1.69 bits per heavy atom. The Kier molecular flexibility index (Phi) is 4.23. The van der Waals surface area contributed by atoms with E-state index in [-0.39, 0.29) is 11.5 Å². The first-order valence-corrected chi connectivity index (χ1v) is 10.0. The second-order valence-electron chi connectivity index (χ2n) is 7.88. The van der Waals surface area contributed by atoms with Gasteiger partial charge < -0.3 is 9.47 Å². The van der Waals surface area contributed by atoms with Gasteiger partial charge in [0.2, 0.25) is 0 Å². The molecule has 1 atom stereocenters. The van der Waals surface area contributed by atoms with Gasteiger partial charge in [0.25, 0.3) is 5.56 Å². The van der Waals surface area contributed by atoms with E-state index in [0.29, 0.717) is 0 Å². The molecule has 146 valence electrons. The number of fused-ring (bicyclic) bond motifs is 3. The zero-order chi connectivity index (χ0) is 20.0. The molecule has 0 radical (unpaired) electrons. The summed E-state index contributed by atoms with van der Waals surface area (Å²) in [4.78, 5) is 15.6. The molecular formula is C24H24N4O. The number of para-hydroxylation sites is 1. The molecule has 0 bridgehead atoms. The van der Waals surface area contributed by atoms with E-state index in [2.05, 4.69) is 47.4 Å². The number of aromatic nitrogens is 1. The van der Waals surface area contributed by atoms with Gasteiger partial charge in [0.15, 0.2) is 0 Å². The van der Waals surface area contributed by atoms with Gasteiger partial charge in [-0.05, 0) is 30.7 Å². The summed E-state index contributed by atoms with van der Waals surface area (Å²) in [5.74, 6) is 0.210. The molecule has 0 unspecified atom stereocenters. The topological polar surface area (TPSA) is 40.8 Å². The van der Waals surface area contributed by atoms with E-state index >= 15 is 0 Å². The summed E-state index contributed by atoms with van der Waals surface area (Å²) in [6, 6.07) is 22.8. The Bertz CT molecular complexity index is 1130. The maximum absolute atomic E-state index is 13.3. The lowest BCUT2D eigenvalue weighted by Gasteiger charge is -2.35. The van der Waals surface area contributed by atoms with Crippen LogP contribution in [0.15, 0.2) is 76.6 Å². The van der Waals surface area contributed by atoms with E-state index < -0.39 is 0 Å². The number of aryl methyl sites for hydroxylation is 1. The number of hydrogen-bond donors (Lipinski definition) is 0. The molecule has 0 saturated heterocycles. The molecule has 2 aliphatic rings. The summed E-state index contributed by atoms with van der Waals surface area (Å²) in [6.07, 6.45) is 0. The van der Waals surface area contributed by atoms with Crippen LogP contribution in [0.3, 0.4) is 0 Å². The first-order valence-electron chi connectivity index (χ1n) is 10.0. The number of nitrogens with zero attached hydrogens (tertiary/aromatic N) is 4. The monoisotopic (exact) mass is 384 g/mol. The molecule has 3 aromatic rings. The Morgan fingerprint density at radius 1 is 1.00 bits per heavy atom. The quantitative estimate of drug-likeness (QED) is 0.693. The molecule has 2 aromatic carbocycles. The lowest BCUT2D eigenvalue weighted by molar-refractivity contribution is 0.640. The Hall–Kier alpha value is -3.34. The first-order chi connectivity index (χ1) is 14.1. The zero-order valence-corrected chi connectivity index (χ0v) is 16.7. The fraction of sp³-hybridized carbons (Fsp3) is 0.250. The van der Waals surface area contributed by atoms with E-state index in [1.165, 1.54) is 5.56 Å². The minimum atomic E-state index is 0.0384. The van der Waals surface area contributed by atoms with Crippen molar-refractivity contribution in [1.82, 2.24) is 4.57 Å². The van der Waals surface area contributed by atoms with Crippen molar-refractivity contribution in [1.29, 1.82) is 0 Å². The molecule has 3 heterocycles. The molecule has 0 aliphatic carbocycles. The van der Waals surface area contributed by atoms with Crippen molar-refractivity contribution in [2.24, 2.45) is 18.1 Å². The van der Waals surface area contributed by atoms with Crippen LogP contribution in [0.4, 0.5) is 11.4 Å². The van der Waals surface area contributed by atoms with Crippen LogP contribution in [0, 0.1) is 12.8 Å². The minimum Gasteiger partial charge on any atom is -0.366 e. The molecule has 5 heteroatoms. The van der Waals surface area contributed by atoms with Crippen LogP contribution in [-0.2, 0) is 13.6 Å². The van der Waals surface area contributed by atoms with Crippen molar-refractivity contribution in [2.75, 3.05) is 23.0 Å². The average Bonchev–Trinajstić information content (AvgIpc) is 3.17. The van der Waals surface area contributed by atoms with Crippen LogP contribution in [-0.4, -0.2) is 23.4 Å². The number of benzene rings is 2. The standard InChI is InChI=1S/C24H24N4O/c1-17-13-21-22(24(29)26(17)2)23-19(15-27(21)14-18-9-5-3-6-10-18)16-28(25-23)20-11-7-4-8-12-20/h3-13,19H,14-16H2,1-2H3/t19-/m1/s1. The van der Waals surface area contributed by atoms with Gasteiger partial charge in [-0.15, -0.1) is 0 Å².